The normalized spacial score (nSPS) is 15.6. The van der Waals surface area contributed by atoms with Crippen LogP contribution in [0.25, 0.3) is 17.0 Å². The van der Waals surface area contributed by atoms with Crippen LogP contribution in [-0.2, 0) is 0 Å². The molecule has 0 unspecified atom stereocenters. The average molecular weight is 374 g/mol. The molecule has 1 fully saturated rings. The van der Waals surface area contributed by atoms with Crippen LogP contribution in [0.1, 0.15) is 27.2 Å². The van der Waals surface area contributed by atoms with Gasteiger partial charge in [0, 0.05) is 43.6 Å². The molecular formula is C24H27N3O. The van der Waals surface area contributed by atoms with E-state index in [1.807, 2.05) is 17.9 Å². The molecule has 1 aliphatic heterocycles. The number of benzene rings is 2. The lowest BCUT2D eigenvalue weighted by Crippen LogP contribution is -2.48. The van der Waals surface area contributed by atoms with E-state index in [4.69, 9.17) is 0 Å². The minimum Gasteiger partial charge on any atom is -0.350 e. The van der Waals surface area contributed by atoms with Gasteiger partial charge in [-0.3, -0.25) is 9.69 Å². The summed E-state index contributed by atoms with van der Waals surface area (Å²) >= 11 is 0. The number of hydrogen-bond donors (Lipinski definition) is 1. The van der Waals surface area contributed by atoms with Crippen molar-refractivity contribution in [3.8, 4) is 0 Å². The first-order chi connectivity index (χ1) is 13.6. The summed E-state index contributed by atoms with van der Waals surface area (Å²) in [6, 6.07) is 16.7. The molecule has 4 heteroatoms. The molecule has 0 bridgehead atoms. The Balaban J connectivity index is 1.36. The lowest BCUT2D eigenvalue weighted by molar-refractivity contribution is 0.0644. The fraction of sp³-hybridized carbons (Fsp3) is 0.292. The van der Waals surface area contributed by atoms with Crippen LogP contribution in [0.4, 0.5) is 0 Å². The van der Waals surface area contributed by atoms with Gasteiger partial charge in [0.25, 0.3) is 5.91 Å². The van der Waals surface area contributed by atoms with Gasteiger partial charge >= 0.3 is 0 Å². The van der Waals surface area contributed by atoms with E-state index in [-0.39, 0.29) is 5.91 Å². The van der Waals surface area contributed by atoms with Crippen molar-refractivity contribution in [3.05, 3.63) is 77.0 Å². The smallest absolute Gasteiger partial charge is 0.270 e. The van der Waals surface area contributed by atoms with Crippen LogP contribution in [0.2, 0.25) is 0 Å². The number of nitrogens with one attached hydrogen (secondary N) is 1. The monoisotopic (exact) mass is 373 g/mol. The van der Waals surface area contributed by atoms with Gasteiger partial charge in [-0.05, 0) is 36.6 Å². The summed E-state index contributed by atoms with van der Waals surface area (Å²) < 4.78 is 0. The first-order valence-electron chi connectivity index (χ1n) is 9.94. The Morgan fingerprint density at radius 2 is 1.79 bits per heavy atom. The number of nitrogens with zero attached hydrogens (tertiary/aromatic N) is 2. The van der Waals surface area contributed by atoms with Crippen LogP contribution < -0.4 is 0 Å². The third-order valence-electron chi connectivity index (χ3n) is 5.56. The van der Waals surface area contributed by atoms with Gasteiger partial charge in [0.2, 0.25) is 0 Å². The maximum atomic E-state index is 13.0. The van der Waals surface area contributed by atoms with Crippen molar-refractivity contribution in [1.29, 1.82) is 0 Å². The van der Waals surface area contributed by atoms with Gasteiger partial charge in [0.15, 0.2) is 0 Å². The van der Waals surface area contributed by atoms with Gasteiger partial charge in [-0.2, -0.15) is 0 Å². The molecule has 0 aliphatic carbocycles. The molecule has 1 aromatic heterocycles. The first-order valence-corrected chi connectivity index (χ1v) is 9.94. The standard InChI is InChI=1S/C24H27N3O/c1-18-10-11-21-19(2)23(25-22(21)17-18)24(28)27-15-13-26(14-16-27)12-6-9-20-7-4-3-5-8-20/h3-11,17,25H,12-16H2,1-2H3/b9-6+. The Morgan fingerprint density at radius 3 is 2.54 bits per heavy atom. The molecule has 1 N–H and O–H groups in total. The fourth-order valence-electron chi connectivity index (χ4n) is 3.86. The summed E-state index contributed by atoms with van der Waals surface area (Å²) in [5, 5.41) is 1.14. The number of H-pyrrole nitrogens is 1. The molecule has 28 heavy (non-hydrogen) atoms. The summed E-state index contributed by atoms with van der Waals surface area (Å²) in [7, 11) is 0. The number of aromatic nitrogens is 1. The van der Waals surface area contributed by atoms with Gasteiger partial charge in [-0.25, -0.2) is 0 Å². The molecule has 4 rings (SSSR count). The minimum atomic E-state index is 0.117. The Labute approximate surface area is 166 Å². The highest BCUT2D eigenvalue weighted by molar-refractivity contribution is 6.01. The molecule has 4 nitrogen and oxygen atoms in total. The minimum absolute atomic E-state index is 0.117. The first kappa shape index (κ1) is 18.5. The number of aryl methyl sites for hydroxylation is 2. The maximum Gasteiger partial charge on any atom is 0.270 e. The van der Waals surface area contributed by atoms with Crippen LogP contribution in [0.5, 0.6) is 0 Å². The van der Waals surface area contributed by atoms with E-state index in [0.717, 1.165) is 54.9 Å². The van der Waals surface area contributed by atoms with E-state index in [0.29, 0.717) is 0 Å². The van der Waals surface area contributed by atoms with Crippen molar-refractivity contribution >= 4 is 22.9 Å². The second kappa shape index (κ2) is 8.03. The molecule has 0 spiro atoms. The van der Waals surface area contributed by atoms with Crippen LogP contribution in [0.3, 0.4) is 0 Å². The highest BCUT2D eigenvalue weighted by Gasteiger charge is 2.24. The molecule has 0 saturated carbocycles. The lowest BCUT2D eigenvalue weighted by Gasteiger charge is -2.34. The quantitative estimate of drug-likeness (QED) is 0.742. The number of carbonyl (C=O) groups excluding carboxylic acids is 1. The van der Waals surface area contributed by atoms with Crippen molar-refractivity contribution in [2.24, 2.45) is 0 Å². The number of aromatic amines is 1. The van der Waals surface area contributed by atoms with Gasteiger partial charge in [-0.15, -0.1) is 0 Å². The van der Waals surface area contributed by atoms with E-state index < -0.39 is 0 Å². The zero-order chi connectivity index (χ0) is 19.5. The summed E-state index contributed by atoms with van der Waals surface area (Å²) in [5.41, 5.74) is 5.25. The maximum absolute atomic E-state index is 13.0. The Bertz CT molecular complexity index is 995. The topological polar surface area (TPSA) is 39.3 Å². The number of piperazine rings is 1. The number of hydrogen-bond acceptors (Lipinski definition) is 2. The van der Waals surface area contributed by atoms with Crippen molar-refractivity contribution in [1.82, 2.24) is 14.8 Å². The molecule has 1 amide bonds. The van der Waals surface area contributed by atoms with E-state index in [9.17, 15) is 4.79 Å². The van der Waals surface area contributed by atoms with Gasteiger partial charge in [-0.1, -0.05) is 54.6 Å². The van der Waals surface area contributed by atoms with Crippen molar-refractivity contribution in [2.75, 3.05) is 32.7 Å². The number of rotatable bonds is 4. The third-order valence-corrected chi connectivity index (χ3v) is 5.56. The lowest BCUT2D eigenvalue weighted by atomic mass is 10.1. The van der Waals surface area contributed by atoms with Crippen molar-refractivity contribution in [2.45, 2.75) is 13.8 Å². The van der Waals surface area contributed by atoms with E-state index in [2.05, 4.69) is 71.4 Å². The summed E-state index contributed by atoms with van der Waals surface area (Å²) in [6.07, 6.45) is 4.37. The Kier molecular flexibility index (Phi) is 5.31. The Morgan fingerprint density at radius 1 is 1.04 bits per heavy atom. The van der Waals surface area contributed by atoms with Crippen LogP contribution >= 0.6 is 0 Å². The predicted molar refractivity (Wildman–Crippen MR) is 116 cm³/mol. The second-order valence-corrected chi connectivity index (χ2v) is 7.58. The molecular weight excluding hydrogens is 346 g/mol. The zero-order valence-corrected chi connectivity index (χ0v) is 16.6. The molecule has 1 saturated heterocycles. The fourth-order valence-corrected chi connectivity index (χ4v) is 3.86. The second-order valence-electron chi connectivity index (χ2n) is 7.58. The average Bonchev–Trinajstić information content (AvgIpc) is 3.04. The van der Waals surface area contributed by atoms with Gasteiger partial charge in [0.05, 0.1) is 0 Å². The Hall–Kier alpha value is -2.85. The largest absolute Gasteiger partial charge is 0.350 e. The molecule has 1 aliphatic rings. The van der Waals surface area contributed by atoms with Crippen molar-refractivity contribution in [3.63, 3.8) is 0 Å². The van der Waals surface area contributed by atoms with E-state index in [1.165, 1.54) is 11.1 Å². The summed E-state index contributed by atoms with van der Waals surface area (Å²) in [5.74, 6) is 0.117. The van der Waals surface area contributed by atoms with Crippen LogP contribution in [0, 0.1) is 13.8 Å². The molecule has 2 heterocycles. The number of fused-ring (bicyclic) bond motifs is 1. The molecule has 0 radical (unpaired) electrons. The summed E-state index contributed by atoms with van der Waals surface area (Å²) in [6.45, 7) is 8.38. The molecule has 3 aromatic rings. The van der Waals surface area contributed by atoms with Crippen molar-refractivity contribution < 1.29 is 4.79 Å². The third kappa shape index (κ3) is 3.87. The zero-order valence-electron chi connectivity index (χ0n) is 16.6. The predicted octanol–water partition coefficient (Wildman–Crippen LogP) is 4.26. The van der Waals surface area contributed by atoms with Gasteiger partial charge < -0.3 is 9.88 Å². The SMILES string of the molecule is Cc1ccc2c(C)c(C(=O)N3CCN(C/C=C/c4ccccc4)CC3)[nH]c2c1. The van der Waals surface area contributed by atoms with Crippen LogP contribution in [-0.4, -0.2) is 53.4 Å². The highest BCUT2D eigenvalue weighted by atomic mass is 16.2. The van der Waals surface area contributed by atoms with E-state index in [1.54, 1.807) is 0 Å². The molecule has 144 valence electrons. The molecule has 2 aromatic carbocycles. The van der Waals surface area contributed by atoms with Gasteiger partial charge in [0.1, 0.15) is 5.69 Å². The highest BCUT2D eigenvalue weighted by Crippen LogP contribution is 2.24. The number of amides is 1. The van der Waals surface area contributed by atoms with E-state index >= 15 is 0 Å². The summed E-state index contributed by atoms with van der Waals surface area (Å²) in [4.78, 5) is 20.8. The number of carbonyl (C=O) groups is 1. The molecule has 0 atom stereocenters. The van der Waals surface area contributed by atoms with Crippen LogP contribution in [0.15, 0.2) is 54.6 Å².